The van der Waals surface area contributed by atoms with Gasteiger partial charge in [-0.15, -0.1) is 0 Å². The van der Waals surface area contributed by atoms with Gasteiger partial charge in [-0.2, -0.15) is 0 Å². The Morgan fingerprint density at radius 1 is 1.56 bits per heavy atom. The maximum atomic E-state index is 13.5. The molecule has 0 heterocycles. The second kappa shape index (κ2) is 3.66. The molecule has 0 bridgehead atoms. The quantitative estimate of drug-likeness (QED) is 0.676. The first-order valence-electron chi connectivity index (χ1n) is 5.14. The average Bonchev–Trinajstić information content (AvgIpc) is 2.86. The van der Waals surface area contributed by atoms with Crippen LogP contribution in [0.2, 0.25) is 0 Å². The third-order valence-electron chi connectivity index (χ3n) is 2.86. The number of carbonyl (C=O) groups excluding carboxylic acids is 1. The lowest BCUT2D eigenvalue weighted by Crippen LogP contribution is -2.15. The SMILES string of the molecule is CC1CC1Nc1cc(C(N)=O)c(N)cc1F. The van der Waals surface area contributed by atoms with Crippen LogP contribution in [0, 0.1) is 11.7 Å². The van der Waals surface area contributed by atoms with Gasteiger partial charge in [0, 0.05) is 11.7 Å². The molecule has 16 heavy (non-hydrogen) atoms. The first kappa shape index (κ1) is 10.7. The smallest absolute Gasteiger partial charge is 0.250 e. The molecule has 2 rings (SSSR count). The highest BCUT2D eigenvalue weighted by atomic mass is 19.1. The van der Waals surface area contributed by atoms with E-state index in [4.69, 9.17) is 11.5 Å². The van der Waals surface area contributed by atoms with Crippen LogP contribution in [0.5, 0.6) is 0 Å². The summed E-state index contributed by atoms with van der Waals surface area (Å²) >= 11 is 0. The molecule has 5 heteroatoms. The van der Waals surface area contributed by atoms with Crippen molar-refractivity contribution in [3.63, 3.8) is 0 Å². The topological polar surface area (TPSA) is 81.1 Å². The van der Waals surface area contributed by atoms with Crippen molar-refractivity contribution in [1.82, 2.24) is 0 Å². The summed E-state index contributed by atoms with van der Waals surface area (Å²) in [5, 5.41) is 3.02. The summed E-state index contributed by atoms with van der Waals surface area (Å²) in [6.07, 6.45) is 1.01. The minimum Gasteiger partial charge on any atom is -0.398 e. The van der Waals surface area contributed by atoms with Gasteiger partial charge in [0.1, 0.15) is 5.82 Å². The van der Waals surface area contributed by atoms with Crippen LogP contribution in [0.4, 0.5) is 15.8 Å². The normalized spacial score (nSPS) is 22.9. The van der Waals surface area contributed by atoms with Crippen LogP contribution in [-0.4, -0.2) is 11.9 Å². The molecule has 86 valence electrons. The molecule has 0 radical (unpaired) electrons. The number of anilines is 2. The molecule has 0 aliphatic heterocycles. The molecule has 1 fully saturated rings. The number of hydrogen-bond donors (Lipinski definition) is 3. The van der Waals surface area contributed by atoms with Gasteiger partial charge in [0.15, 0.2) is 0 Å². The molecule has 2 unspecified atom stereocenters. The van der Waals surface area contributed by atoms with Crippen molar-refractivity contribution in [2.45, 2.75) is 19.4 Å². The van der Waals surface area contributed by atoms with E-state index >= 15 is 0 Å². The minimum atomic E-state index is -0.649. The highest BCUT2D eigenvalue weighted by Crippen LogP contribution is 2.34. The number of primary amides is 1. The summed E-state index contributed by atoms with van der Waals surface area (Å²) in [6.45, 7) is 2.07. The second-order valence-electron chi connectivity index (χ2n) is 4.25. The average molecular weight is 223 g/mol. The Morgan fingerprint density at radius 2 is 2.19 bits per heavy atom. The molecule has 0 spiro atoms. The molecule has 1 aliphatic carbocycles. The Hall–Kier alpha value is -1.78. The van der Waals surface area contributed by atoms with Gasteiger partial charge in [-0.25, -0.2) is 4.39 Å². The molecular weight excluding hydrogens is 209 g/mol. The first-order chi connectivity index (χ1) is 7.49. The molecular formula is C11H14FN3O. The summed E-state index contributed by atoms with van der Waals surface area (Å²) < 4.78 is 13.5. The Kier molecular flexibility index (Phi) is 2.46. The van der Waals surface area contributed by atoms with Gasteiger partial charge in [-0.3, -0.25) is 4.79 Å². The predicted octanol–water partition coefficient (Wildman–Crippen LogP) is 1.33. The lowest BCUT2D eigenvalue weighted by Gasteiger charge is -2.09. The molecule has 2 atom stereocenters. The number of rotatable bonds is 3. The molecule has 0 aromatic heterocycles. The van der Waals surface area contributed by atoms with E-state index in [0.29, 0.717) is 5.92 Å². The van der Waals surface area contributed by atoms with E-state index < -0.39 is 11.7 Å². The van der Waals surface area contributed by atoms with E-state index in [2.05, 4.69) is 12.2 Å². The van der Waals surface area contributed by atoms with Crippen LogP contribution in [0.15, 0.2) is 12.1 Å². The molecule has 1 aromatic carbocycles. The predicted molar refractivity (Wildman–Crippen MR) is 60.5 cm³/mol. The van der Waals surface area contributed by atoms with Crippen LogP contribution in [0.3, 0.4) is 0 Å². The molecule has 5 N–H and O–H groups in total. The van der Waals surface area contributed by atoms with Crippen molar-refractivity contribution in [2.75, 3.05) is 11.1 Å². The largest absolute Gasteiger partial charge is 0.398 e. The fourth-order valence-electron chi connectivity index (χ4n) is 1.64. The zero-order chi connectivity index (χ0) is 11.9. The fourth-order valence-corrected chi connectivity index (χ4v) is 1.64. The maximum absolute atomic E-state index is 13.5. The Bertz CT molecular complexity index is 447. The van der Waals surface area contributed by atoms with Crippen molar-refractivity contribution in [1.29, 1.82) is 0 Å². The van der Waals surface area contributed by atoms with Gasteiger partial charge in [0.05, 0.1) is 11.3 Å². The van der Waals surface area contributed by atoms with Crippen LogP contribution in [0.1, 0.15) is 23.7 Å². The van der Waals surface area contributed by atoms with Crippen molar-refractivity contribution >= 4 is 17.3 Å². The lowest BCUT2D eigenvalue weighted by atomic mass is 10.1. The summed E-state index contributed by atoms with van der Waals surface area (Å²) in [4.78, 5) is 11.0. The standard InChI is InChI=1S/C11H14FN3O/c1-5-2-9(5)15-10-3-6(11(14)16)8(13)4-7(10)12/h3-5,9,15H,2,13H2,1H3,(H2,14,16). The Balaban J connectivity index is 2.29. The van der Waals surface area contributed by atoms with Crippen LogP contribution < -0.4 is 16.8 Å². The highest BCUT2D eigenvalue weighted by Gasteiger charge is 2.33. The first-order valence-corrected chi connectivity index (χ1v) is 5.14. The molecule has 1 amide bonds. The van der Waals surface area contributed by atoms with Crippen LogP contribution in [-0.2, 0) is 0 Å². The number of nitrogens with two attached hydrogens (primary N) is 2. The number of benzene rings is 1. The highest BCUT2D eigenvalue weighted by molar-refractivity contribution is 5.99. The van der Waals surface area contributed by atoms with Crippen molar-refractivity contribution < 1.29 is 9.18 Å². The summed E-state index contributed by atoms with van der Waals surface area (Å²) in [6, 6.07) is 2.77. The maximum Gasteiger partial charge on any atom is 0.250 e. The fraction of sp³-hybridized carbons (Fsp3) is 0.364. The molecule has 1 saturated carbocycles. The van der Waals surface area contributed by atoms with E-state index in [-0.39, 0.29) is 23.0 Å². The van der Waals surface area contributed by atoms with E-state index in [0.717, 1.165) is 12.5 Å². The number of hydrogen-bond acceptors (Lipinski definition) is 3. The number of amides is 1. The zero-order valence-electron chi connectivity index (χ0n) is 8.96. The molecule has 1 aromatic rings. The number of nitrogen functional groups attached to an aromatic ring is 1. The van der Waals surface area contributed by atoms with Gasteiger partial charge in [0.2, 0.25) is 0 Å². The number of nitrogens with one attached hydrogen (secondary N) is 1. The number of halogens is 1. The van der Waals surface area contributed by atoms with E-state index in [1.54, 1.807) is 0 Å². The Morgan fingerprint density at radius 3 is 2.69 bits per heavy atom. The number of carbonyl (C=O) groups is 1. The Labute approximate surface area is 92.8 Å². The van der Waals surface area contributed by atoms with E-state index in [9.17, 15) is 9.18 Å². The second-order valence-corrected chi connectivity index (χ2v) is 4.25. The van der Waals surface area contributed by atoms with Crippen LogP contribution in [0.25, 0.3) is 0 Å². The molecule has 0 saturated heterocycles. The van der Waals surface area contributed by atoms with Gasteiger partial charge < -0.3 is 16.8 Å². The third-order valence-corrected chi connectivity index (χ3v) is 2.86. The van der Waals surface area contributed by atoms with Crippen molar-refractivity contribution in [3.05, 3.63) is 23.5 Å². The molecule has 4 nitrogen and oxygen atoms in total. The van der Waals surface area contributed by atoms with Gasteiger partial charge in [-0.1, -0.05) is 6.92 Å². The third kappa shape index (κ3) is 1.93. The van der Waals surface area contributed by atoms with Crippen molar-refractivity contribution in [3.8, 4) is 0 Å². The van der Waals surface area contributed by atoms with Gasteiger partial charge in [-0.05, 0) is 24.5 Å². The van der Waals surface area contributed by atoms with E-state index in [1.807, 2.05) is 0 Å². The summed E-state index contributed by atoms with van der Waals surface area (Å²) in [5.41, 5.74) is 11.1. The molecule has 1 aliphatic rings. The lowest BCUT2D eigenvalue weighted by molar-refractivity contribution is 0.100. The summed E-state index contributed by atoms with van der Waals surface area (Å²) in [7, 11) is 0. The summed E-state index contributed by atoms with van der Waals surface area (Å²) in [5.74, 6) is -0.569. The van der Waals surface area contributed by atoms with Crippen molar-refractivity contribution in [2.24, 2.45) is 11.7 Å². The van der Waals surface area contributed by atoms with Gasteiger partial charge in [0.25, 0.3) is 5.91 Å². The van der Waals surface area contributed by atoms with Gasteiger partial charge >= 0.3 is 0 Å². The van der Waals surface area contributed by atoms with E-state index in [1.165, 1.54) is 6.07 Å². The van der Waals surface area contributed by atoms with Crippen LogP contribution >= 0.6 is 0 Å². The monoisotopic (exact) mass is 223 g/mol. The minimum absolute atomic E-state index is 0.0689. The zero-order valence-corrected chi connectivity index (χ0v) is 8.96.